The Bertz CT molecular complexity index is 806. The molecule has 1 N–H and O–H groups in total. The highest BCUT2D eigenvalue weighted by Gasteiger charge is 2.25. The van der Waals surface area contributed by atoms with Crippen LogP contribution >= 0.6 is 31.9 Å². The zero-order valence-corrected chi connectivity index (χ0v) is 16.9. The molecule has 0 unspecified atom stereocenters. The van der Waals surface area contributed by atoms with Crippen molar-refractivity contribution in [3.63, 3.8) is 0 Å². The highest BCUT2D eigenvalue weighted by atomic mass is 79.9. The third-order valence-electron chi connectivity index (χ3n) is 3.25. The van der Waals surface area contributed by atoms with Gasteiger partial charge in [0.05, 0.1) is 11.4 Å². The Kier molecular flexibility index (Phi) is 6.56. The number of rotatable bonds is 6. The topological polar surface area (TPSA) is 66.5 Å². The number of hydrogen-bond acceptors (Lipinski definition) is 3. The largest absolute Gasteiger partial charge is 0.325 e. The highest BCUT2D eigenvalue weighted by molar-refractivity contribution is 9.10. The molecule has 1 amide bonds. The molecule has 2 rings (SSSR count). The predicted molar refractivity (Wildman–Crippen MR) is 101 cm³/mol. The zero-order chi connectivity index (χ0) is 17.7. The van der Waals surface area contributed by atoms with E-state index in [2.05, 4.69) is 37.2 Å². The molecule has 0 aliphatic carbocycles. The van der Waals surface area contributed by atoms with Crippen LogP contribution in [-0.2, 0) is 14.8 Å². The van der Waals surface area contributed by atoms with Gasteiger partial charge in [0, 0.05) is 21.2 Å². The summed E-state index contributed by atoms with van der Waals surface area (Å²) in [5, 5.41) is 2.69. The molecule has 5 nitrogen and oxygen atoms in total. The first-order valence-electron chi connectivity index (χ1n) is 7.14. The third kappa shape index (κ3) is 4.89. The van der Waals surface area contributed by atoms with Crippen LogP contribution in [0.5, 0.6) is 0 Å². The average Bonchev–Trinajstić information content (AvgIpc) is 2.55. The molecule has 2 aromatic carbocycles. The van der Waals surface area contributed by atoms with Crippen LogP contribution in [0.15, 0.2) is 62.4 Å². The van der Waals surface area contributed by atoms with E-state index in [9.17, 15) is 13.2 Å². The molecule has 0 aromatic heterocycles. The van der Waals surface area contributed by atoms with E-state index in [1.54, 1.807) is 43.3 Å². The first-order chi connectivity index (χ1) is 11.3. The van der Waals surface area contributed by atoms with Crippen molar-refractivity contribution in [3.05, 3.63) is 57.5 Å². The van der Waals surface area contributed by atoms with Crippen molar-refractivity contribution in [2.75, 3.05) is 18.4 Å². The molecule has 0 spiro atoms. The molecule has 24 heavy (non-hydrogen) atoms. The van der Waals surface area contributed by atoms with Gasteiger partial charge in [-0.1, -0.05) is 38.8 Å². The third-order valence-corrected chi connectivity index (χ3v) is 6.24. The van der Waals surface area contributed by atoms with Gasteiger partial charge in [-0.2, -0.15) is 4.31 Å². The van der Waals surface area contributed by atoms with Crippen molar-refractivity contribution in [2.24, 2.45) is 0 Å². The fraction of sp³-hybridized carbons (Fsp3) is 0.188. The Morgan fingerprint density at radius 1 is 1.00 bits per heavy atom. The maximum Gasteiger partial charge on any atom is 0.243 e. The molecule has 0 aliphatic heterocycles. The zero-order valence-electron chi connectivity index (χ0n) is 12.9. The van der Waals surface area contributed by atoms with Gasteiger partial charge in [-0.05, 0) is 48.5 Å². The molecule has 0 aliphatic rings. The van der Waals surface area contributed by atoms with Crippen molar-refractivity contribution in [1.29, 1.82) is 0 Å². The van der Waals surface area contributed by atoms with Gasteiger partial charge < -0.3 is 5.32 Å². The second-order valence-electron chi connectivity index (χ2n) is 4.94. The van der Waals surface area contributed by atoms with Crippen LogP contribution in [-0.4, -0.2) is 31.7 Å². The summed E-state index contributed by atoms with van der Waals surface area (Å²) in [5.74, 6) is -0.389. The Morgan fingerprint density at radius 3 is 2.00 bits per heavy atom. The number of nitrogens with zero attached hydrogens (tertiary/aromatic N) is 1. The molecule has 128 valence electrons. The Labute approximate surface area is 158 Å². The summed E-state index contributed by atoms with van der Waals surface area (Å²) in [6, 6.07) is 13.4. The average molecular weight is 476 g/mol. The number of halogens is 2. The van der Waals surface area contributed by atoms with E-state index in [-0.39, 0.29) is 23.9 Å². The Morgan fingerprint density at radius 2 is 1.50 bits per heavy atom. The number of anilines is 1. The quantitative estimate of drug-likeness (QED) is 0.689. The number of nitrogens with one attached hydrogen (secondary N) is 1. The summed E-state index contributed by atoms with van der Waals surface area (Å²) in [7, 11) is -3.72. The second kappa shape index (κ2) is 8.24. The van der Waals surface area contributed by atoms with Crippen LogP contribution in [0.2, 0.25) is 0 Å². The molecule has 0 saturated carbocycles. The number of carbonyl (C=O) groups is 1. The fourth-order valence-corrected chi connectivity index (χ4v) is 3.95. The Hall–Kier alpha value is -1.22. The van der Waals surface area contributed by atoms with Gasteiger partial charge in [-0.15, -0.1) is 0 Å². The van der Waals surface area contributed by atoms with E-state index in [0.29, 0.717) is 5.69 Å². The maximum absolute atomic E-state index is 12.6. The van der Waals surface area contributed by atoms with E-state index in [1.165, 1.54) is 12.1 Å². The van der Waals surface area contributed by atoms with Gasteiger partial charge in [0.1, 0.15) is 0 Å². The summed E-state index contributed by atoms with van der Waals surface area (Å²) >= 11 is 6.59. The highest BCUT2D eigenvalue weighted by Crippen LogP contribution is 2.19. The van der Waals surface area contributed by atoms with Crippen molar-refractivity contribution in [3.8, 4) is 0 Å². The predicted octanol–water partition coefficient (Wildman–Crippen LogP) is 3.86. The molecule has 8 heteroatoms. The number of benzene rings is 2. The smallest absolute Gasteiger partial charge is 0.243 e. The van der Waals surface area contributed by atoms with Gasteiger partial charge in [0.15, 0.2) is 0 Å². The van der Waals surface area contributed by atoms with Crippen molar-refractivity contribution >= 4 is 53.5 Å². The monoisotopic (exact) mass is 474 g/mol. The lowest BCUT2D eigenvalue weighted by molar-refractivity contribution is -0.116. The number of carbonyl (C=O) groups excluding carboxylic acids is 1. The van der Waals surface area contributed by atoms with Gasteiger partial charge >= 0.3 is 0 Å². The van der Waals surface area contributed by atoms with Crippen LogP contribution in [0, 0.1) is 0 Å². The number of sulfonamides is 1. The van der Waals surface area contributed by atoms with E-state index in [1.807, 2.05) is 0 Å². The molecule has 0 bridgehead atoms. The second-order valence-corrected chi connectivity index (χ2v) is 8.71. The van der Waals surface area contributed by atoms with Crippen molar-refractivity contribution in [1.82, 2.24) is 4.31 Å². The van der Waals surface area contributed by atoms with E-state index < -0.39 is 10.0 Å². The minimum atomic E-state index is -3.72. The van der Waals surface area contributed by atoms with Crippen LogP contribution in [0.25, 0.3) is 0 Å². The molecular formula is C16H16Br2N2O3S. The summed E-state index contributed by atoms with van der Waals surface area (Å²) in [5.41, 5.74) is 0.611. The molecule has 0 fully saturated rings. The molecule has 0 radical (unpaired) electrons. The van der Waals surface area contributed by atoms with Crippen molar-refractivity contribution < 1.29 is 13.2 Å². The maximum atomic E-state index is 12.6. The van der Waals surface area contributed by atoms with E-state index in [4.69, 9.17) is 0 Å². The lowest BCUT2D eigenvalue weighted by Crippen LogP contribution is -2.37. The molecule has 0 saturated heterocycles. The summed E-state index contributed by atoms with van der Waals surface area (Å²) in [6.45, 7) is 1.65. The minimum Gasteiger partial charge on any atom is -0.325 e. The van der Waals surface area contributed by atoms with Gasteiger partial charge in [0.25, 0.3) is 0 Å². The normalized spacial score (nSPS) is 11.5. The van der Waals surface area contributed by atoms with Crippen LogP contribution in [0.3, 0.4) is 0 Å². The summed E-state index contributed by atoms with van der Waals surface area (Å²) < 4.78 is 28.1. The van der Waals surface area contributed by atoms with E-state index in [0.717, 1.165) is 13.3 Å². The SMILES string of the molecule is CCN(CC(=O)Nc1ccc(Br)cc1)S(=O)(=O)c1ccc(Br)cc1. The number of hydrogen-bond donors (Lipinski definition) is 1. The lowest BCUT2D eigenvalue weighted by atomic mass is 10.3. The fourth-order valence-electron chi connectivity index (χ4n) is 2.02. The standard InChI is InChI=1S/C16H16Br2N2O3S/c1-2-20(24(22,23)15-9-5-13(18)6-10-15)11-16(21)19-14-7-3-12(17)4-8-14/h3-10H,2,11H2,1H3,(H,19,21). The van der Waals surface area contributed by atoms with Crippen LogP contribution in [0.1, 0.15) is 6.92 Å². The van der Waals surface area contributed by atoms with Crippen LogP contribution < -0.4 is 5.32 Å². The van der Waals surface area contributed by atoms with Gasteiger partial charge in [-0.25, -0.2) is 8.42 Å². The lowest BCUT2D eigenvalue weighted by Gasteiger charge is -2.20. The van der Waals surface area contributed by atoms with Crippen LogP contribution in [0.4, 0.5) is 5.69 Å². The molecule has 2 aromatic rings. The Balaban J connectivity index is 2.11. The summed E-state index contributed by atoms with van der Waals surface area (Å²) in [6.07, 6.45) is 0. The van der Waals surface area contributed by atoms with Gasteiger partial charge in [-0.3, -0.25) is 4.79 Å². The summed E-state index contributed by atoms with van der Waals surface area (Å²) in [4.78, 5) is 12.3. The van der Waals surface area contributed by atoms with E-state index >= 15 is 0 Å². The molecule has 0 atom stereocenters. The first kappa shape index (κ1) is 19.1. The molecule has 0 heterocycles. The van der Waals surface area contributed by atoms with Crippen molar-refractivity contribution in [2.45, 2.75) is 11.8 Å². The number of likely N-dealkylation sites (N-methyl/N-ethyl adjacent to an activating group) is 1. The number of amides is 1. The van der Waals surface area contributed by atoms with Gasteiger partial charge in [0.2, 0.25) is 15.9 Å². The first-order valence-corrected chi connectivity index (χ1v) is 10.2. The minimum absolute atomic E-state index is 0.156. The molecular weight excluding hydrogens is 460 g/mol.